The maximum Gasteiger partial charge on any atom is 0.270 e. The molecule has 1 saturated heterocycles. The van der Waals surface area contributed by atoms with Crippen LogP contribution in [-0.2, 0) is 13.6 Å². The van der Waals surface area contributed by atoms with Crippen molar-refractivity contribution in [3.63, 3.8) is 0 Å². The topological polar surface area (TPSA) is 33.4 Å². The normalized spacial score (nSPS) is 20.4. The fourth-order valence-electron chi connectivity index (χ4n) is 4.62. The highest BCUT2D eigenvalue weighted by Gasteiger charge is 2.31. The third kappa shape index (κ3) is 2.67. The Labute approximate surface area is 160 Å². The summed E-state index contributed by atoms with van der Waals surface area (Å²) in [5.74, 6) is 0.961. The van der Waals surface area contributed by atoms with Crippen LogP contribution in [-0.4, -0.2) is 58.1 Å². The molecule has 3 heterocycles. The number of likely N-dealkylation sites (tertiary alicyclic amines) is 1. The molecule has 0 unspecified atom stereocenters. The van der Waals surface area contributed by atoms with Crippen molar-refractivity contribution in [2.45, 2.75) is 31.8 Å². The molecule has 2 aromatic heterocycles. The monoisotopic (exact) mass is 364 g/mol. The highest BCUT2D eigenvalue weighted by Crippen LogP contribution is 2.37. The zero-order valence-electron chi connectivity index (χ0n) is 16.5. The number of likely N-dealkylation sites (N-methyl/N-ethyl adjacent to an activating group) is 1. The van der Waals surface area contributed by atoms with Gasteiger partial charge >= 0.3 is 0 Å². The van der Waals surface area contributed by atoms with Crippen LogP contribution >= 0.6 is 0 Å². The minimum Gasteiger partial charge on any atom is -0.339 e. The summed E-state index contributed by atoms with van der Waals surface area (Å²) in [7, 11) is 6.24. The first-order valence-corrected chi connectivity index (χ1v) is 10.1. The molecular weight excluding hydrogens is 336 g/mol. The molecule has 1 atom stereocenters. The van der Waals surface area contributed by atoms with Gasteiger partial charge in [-0.25, -0.2) is 0 Å². The summed E-state index contributed by atoms with van der Waals surface area (Å²) < 4.78 is 4.55. The Hall–Kier alpha value is -2.27. The first kappa shape index (κ1) is 16.9. The first-order valence-electron chi connectivity index (χ1n) is 10.1. The van der Waals surface area contributed by atoms with Crippen molar-refractivity contribution in [3.05, 3.63) is 36.0 Å². The number of para-hydroxylation sites is 1. The largest absolute Gasteiger partial charge is 0.339 e. The van der Waals surface area contributed by atoms with Crippen LogP contribution in [0.2, 0.25) is 0 Å². The van der Waals surface area contributed by atoms with Crippen LogP contribution in [0, 0.1) is 5.92 Å². The maximum atomic E-state index is 13.3. The molecule has 1 aliphatic heterocycles. The van der Waals surface area contributed by atoms with E-state index in [4.69, 9.17) is 0 Å². The number of carbonyl (C=O) groups is 1. The summed E-state index contributed by atoms with van der Waals surface area (Å²) in [6.45, 7) is 2.73. The molecule has 0 spiro atoms. The Kier molecular flexibility index (Phi) is 3.83. The molecule has 2 aliphatic rings. The van der Waals surface area contributed by atoms with E-state index >= 15 is 0 Å². The molecule has 0 bridgehead atoms. The van der Waals surface area contributed by atoms with Crippen molar-refractivity contribution in [1.82, 2.24) is 18.9 Å². The minimum absolute atomic E-state index is 0.167. The molecule has 1 aliphatic carbocycles. The van der Waals surface area contributed by atoms with Crippen molar-refractivity contribution in [1.29, 1.82) is 0 Å². The summed E-state index contributed by atoms with van der Waals surface area (Å²) in [4.78, 5) is 17.5. The van der Waals surface area contributed by atoms with Gasteiger partial charge in [0.05, 0.1) is 16.6 Å². The van der Waals surface area contributed by atoms with Gasteiger partial charge in [-0.05, 0) is 51.4 Å². The van der Waals surface area contributed by atoms with Crippen LogP contribution in [0.3, 0.4) is 0 Å². The van der Waals surface area contributed by atoms with E-state index in [1.54, 1.807) is 0 Å². The number of carbonyl (C=O) groups excluding carboxylic acids is 1. The standard InChI is InChI=1S/C22H28N4O/c1-23(2)16-10-11-25(14-16)22(27)20-12-19-21(24(20)3)17-6-4-5-7-18(17)26(19)13-15-8-9-15/h4-7,12,15-16H,8-11,13-14H2,1-3H3/t16-/m1/s1. The van der Waals surface area contributed by atoms with Crippen LogP contribution in [0.5, 0.6) is 0 Å². The Bertz CT molecular complexity index is 1020. The zero-order valence-corrected chi connectivity index (χ0v) is 16.5. The molecule has 1 amide bonds. The van der Waals surface area contributed by atoms with Gasteiger partial charge in [0.15, 0.2) is 0 Å². The fraction of sp³-hybridized carbons (Fsp3) is 0.500. The van der Waals surface area contributed by atoms with Gasteiger partial charge in [0.1, 0.15) is 5.69 Å². The van der Waals surface area contributed by atoms with Crippen molar-refractivity contribution >= 4 is 27.8 Å². The predicted molar refractivity (Wildman–Crippen MR) is 109 cm³/mol. The van der Waals surface area contributed by atoms with Crippen LogP contribution in [0.1, 0.15) is 29.8 Å². The van der Waals surface area contributed by atoms with E-state index in [0.717, 1.165) is 37.7 Å². The lowest BCUT2D eigenvalue weighted by Gasteiger charge is -2.20. The van der Waals surface area contributed by atoms with Crippen molar-refractivity contribution < 1.29 is 4.79 Å². The fourth-order valence-corrected chi connectivity index (χ4v) is 4.62. The molecule has 142 valence electrons. The Morgan fingerprint density at radius 1 is 1.15 bits per heavy atom. The summed E-state index contributed by atoms with van der Waals surface area (Å²) in [5.41, 5.74) is 4.50. The van der Waals surface area contributed by atoms with Gasteiger partial charge in [-0.2, -0.15) is 0 Å². The van der Waals surface area contributed by atoms with Gasteiger partial charge < -0.3 is 18.9 Å². The average Bonchev–Trinajstić information content (AvgIpc) is 3.11. The Balaban J connectivity index is 1.58. The average molecular weight is 364 g/mol. The smallest absolute Gasteiger partial charge is 0.270 e. The van der Waals surface area contributed by atoms with Crippen LogP contribution in [0.4, 0.5) is 0 Å². The van der Waals surface area contributed by atoms with E-state index in [0.29, 0.717) is 6.04 Å². The number of hydrogen-bond donors (Lipinski definition) is 0. The summed E-state index contributed by atoms with van der Waals surface area (Å²) in [6.07, 6.45) is 3.71. The Morgan fingerprint density at radius 2 is 1.93 bits per heavy atom. The van der Waals surface area contributed by atoms with Crippen molar-refractivity contribution in [2.75, 3.05) is 27.2 Å². The van der Waals surface area contributed by atoms with Gasteiger partial charge in [-0.3, -0.25) is 4.79 Å². The molecule has 0 radical (unpaired) electrons. The molecule has 5 nitrogen and oxygen atoms in total. The molecule has 1 aromatic carbocycles. The number of fused-ring (bicyclic) bond motifs is 3. The molecule has 2 fully saturated rings. The SMILES string of the molecule is CN(C)[C@@H]1CCN(C(=O)c2cc3c(c4ccccc4n3CC3CC3)n2C)C1. The van der Waals surface area contributed by atoms with Gasteiger partial charge in [0, 0.05) is 38.1 Å². The minimum atomic E-state index is 0.167. The molecule has 0 N–H and O–H groups in total. The number of aryl methyl sites for hydroxylation is 1. The number of nitrogens with zero attached hydrogens (tertiary/aromatic N) is 4. The van der Waals surface area contributed by atoms with Crippen LogP contribution < -0.4 is 0 Å². The lowest BCUT2D eigenvalue weighted by atomic mass is 10.2. The highest BCUT2D eigenvalue weighted by atomic mass is 16.2. The number of rotatable bonds is 4. The zero-order chi connectivity index (χ0) is 18.7. The van der Waals surface area contributed by atoms with Gasteiger partial charge in [-0.1, -0.05) is 18.2 Å². The van der Waals surface area contributed by atoms with Gasteiger partial charge in [-0.15, -0.1) is 0 Å². The highest BCUT2D eigenvalue weighted by molar-refractivity contribution is 6.10. The predicted octanol–water partition coefficient (Wildman–Crippen LogP) is 3.32. The summed E-state index contributed by atoms with van der Waals surface area (Å²) in [5, 5.41) is 1.25. The quantitative estimate of drug-likeness (QED) is 0.712. The number of hydrogen-bond acceptors (Lipinski definition) is 2. The van der Waals surface area contributed by atoms with Crippen LogP contribution in [0.25, 0.3) is 21.9 Å². The molecule has 27 heavy (non-hydrogen) atoms. The molecule has 5 heteroatoms. The lowest BCUT2D eigenvalue weighted by Crippen LogP contribution is -2.35. The van der Waals surface area contributed by atoms with E-state index in [2.05, 4.69) is 58.5 Å². The third-order valence-corrected chi connectivity index (χ3v) is 6.49. The second-order valence-electron chi connectivity index (χ2n) is 8.55. The van der Waals surface area contributed by atoms with E-state index in [-0.39, 0.29) is 5.91 Å². The van der Waals surface area contributed by atoms with Gasteiger partial charge in [0.2, 0.25) is 0 Å². The van der Waals surface area contributed by atoms with E-state index in [1.807, 2.05) is 11.9 Å². The second-order valence-corrected chi connectivity index (χ2v) is 8.55. The number of aromatic nitrogens is 2. The number of benzene rings is 1. The first-order chi connectivity index (χ1) is 13.0. The van der Waals surface area contributed by atoms with E-state index in [9.17, 15) is 4.79 Å². The Morgan fingerprint density at radius 3 is 2.63 bits per heavy atom. The lowest BCUT2D eigenvalue weighted by molar-refractivity contribution is 0.0774. The van der Waals surface area contributed by atoms with Gasteiger partial charge in [0.25, 0.3) is 5.91 Å². The van der Waals surface area contributed by atoms with E-state index in [1.165, 1.54) is 34.8 Å². The molecule has 1 saturated carbocycles. The van der Waals surface area contributed by atoms with Crippen LogP contribution in [0.15, 0.2) is 30.3 Å². The molecule has 5 rings (SSSR count). The second kappa shape index (κ2) is 6.13. The third-order valence-electron chi connectivity index (χ3n) is 6.49. The summed E-state index contributed by atoms with van der Waals surface area (Å²) >= 11 is 0. The van der Waals surface area contributed by atoms with Crippen molar-refractivity contribution in [3.8, 4) is 0 Å². The van der Waals surface area contributed by atoms with E-state index < -0.39 is 0 Å². The maximum absolute atomic E-state index is 13.3. The number of amides is 1. The molecular formula is C22H28N4O. The van der Waals surface area contributed by atoms with Crippen molar-refractivity contribution in [2.24, 2.45) is 13.0 Å². The molecule has 3 aromatic rings. The summed E-state index contributed by atoms with van der Waals surface area (Å²) in [6, 6.07) is 11.2.